The van der Waals surface area contributed by atoms with Crippen LogP contribution >= 0.6 is 11.6 Å². The summed E-state index contributed by atoms with van der Waals surface area (Å²) in [4.78, 5) is 0.601. The molecular formula is C22H28ClNO. The number of likely N-dealkylation sites (tertiary alicyclic amines) is 1. The first-order chi connectivity index (χ1) is 15.7. The molecule has 3 rings (SSSR count). The minimum Gasteiger partial charge on any atom is -0.366 e. The number of nitrogens with zero attached hydrogens (tertiary/aromatic N) is 1. The fourth-order valence-corrected chi connectivity index (χ4v) is 2.71. The van der Waals surface area contributed by atoms with Crippen LogP contribution in [0.2, 0.25) is 5.02 Å². The molecule has 2 aromatic carbocycles. The second-order valence-electron chi connectivity index (χ2n) is 6.23. The maximum Gasteiger partial charge on any atom is 0.115 e. The van der Waals surface area contributed by atoms with Gasteiger partial charge in [0.15, 0.2) is 0 Å². The summed E-state index contributed by atoms with van der Waals surface area (Å²) in [6.45, 7) is -3.63. The number of halogens is 1. The second kappa shape index (κ2) is 7.49. The Morgan fingerprint density at radius 2 is 1.84 bits per heavy atom. The highest BCUT2D eigenvalue weighted by Crippen LogP contribution is 2.36. The lowest BCUT2D eigenvalue weighted by Gasteiger charge is -2.36. The van der Waals surface area contributed by atoms with Gasteiger partial charge < -0.3 is 9.64 Å². The van der Waals surface area contributed by atoms with Crippen LogP contribution in [-0.2, 0) is 10.3 Å². The van der Waals surface area contributed by atoms with Crippen molar-refractivity contribution in [3.8, 4) is 0 Å². The van der Waals surface area contributed by atoms with Crippen LogP contribution in [0.5, 0.6) is 0 Å². The first kappa shape index (κ1) is 9.55. The minimum absolute atomic E-state index is 0.431. The van der Waals surface area contributed by atoms with Crippen molar-refractivity contribution in [3.05, 3.63) is 70.7 Å². The Hall–Kier alpha value is -1.35. The van der Waals surface area contributed by atoms with E-state index in [9.17, 15) is 0 Å². The van der Waals surface area contributed by atoms with Crippen LogP contribution in [0.15, 0.2) is 54.6 Å². The van der Waals surface area contributed by atoms with Crippen LogP contribution in [0.1, 0.15) is 57.8 Å². The lowest BCUT2D eigenvalue weighted by atomic mass is 9.87. The van der Waals surface area contributed by atoms with E-state index in [4.69, 9.17) is 30.0 Å². The van der Waals surface area contributed by atoms with Gasteiger partial charge in [-0.05, 0) is 69.8 Å². The average Bonchev–Trinajstić information content (AvgIpc) is 2.84. The predicted octanol–water partition coefficient (Wildman–Crippen LogP) is 5.49. The molecule has 0 amide bonds. The molecule has 134 valence electrons. The molecule has 2 aromatic rings. The van der Waals surface area contributed by atoms with Gasteiger partial charge in [0, 0.05) is 28.1 Å². The molecule has 0 aromatic heterocycles. The van der Waals surface area contributed by atoms with Gasteiger partial charge in [-0.25, -0.2) is 0 Å². The van der Waals surface area contributed by atoms with Crippen molar-refractivity contribution < 1.29 is 18.4 Å². The number of ether oxygens (including phenoxy) is 1. The second-order valence-corrected chi connectivity index (χ2v) is 6.66. The molecule has 25 heavy (non-hydrogen) atoms. The van der Waals surface area contributed by atoms with E-state index in [-0.39, 0.29) is 0 Å². The maximum absolute atomic E-state index is 8.83. The fraction of sp³-hybridized carbons (Fsp3) is 0.455. The Balaban J connectivity index is 2.19. The van der Waals surface area contributed by atoms with E-state index >= 15 is 0 Å². The van der Waals surface area contributed by atoms with Crippen molar-refractivity contribution in [1.82, 2.24) is 4.90 Å². The summed E-state index contributed by atoms with van der Waals surface area (Å²) in [6.07, 6.45) is -9.56. The summed E-state index contributed by atoms with van der Waals surface area (Å²) in [6, 6.07) is 14.9. The van der Waals surface area contributed by atoms with Crippen LogP contribution in [0.3, 0.4) is 0 Å². The third-order valence-electron chi connectivity index (χ3n) is 4.47. The Labute approximate surface area is 170 Å². The number of benzene rings is 2. The molecule has 0 aliphatic carbocycles. The van der Waals surface area contributed by atoms with Crippen molar-refractivity contribution in [2.24, 2.45) is 0 Å². The van der Waals surface area contributed by atoms with Gasteiger partial charge in [0.2, 0.25) is 0 Å². The summed E-state index contributed by atoms with van der Waals surface area (Å²) in [5.74, 6) is 0. The molecule has 1 fully saturated rings. The van der Waals surface area contributed by atoms with Gasteiger partial charge in [-0.1, -0.05) is 54.1 Å². The van der Waals surface area contributed by atoms with E-state index in [1.165, 1.54) is 0 Å². The Morgan fingerprint density at radius 1 is 1.20 bits per heavy atom. The predicted molar refractivity (Wildman–Crippen MR) is 105 cm³/mol. The van der Waals surface area contributed by atoms with Gasteiger partial charge in [0.05, 0.1) is 2.74 Å². The number of rotatable bonds is 6. The number of hydrogen-bond acceptors (Lipinski definition) is 2. The lowest BCUT2D eigenvalue weighted by molar-refractivity contribution is -0.0208. The quantitative estimate of drug-likeness (QED) is 0.668. The molecule has 1 heterocycles. The molecule has 0 unspecified atom stereocenters. The van der Waals surface area contributed by atoms with Crippen LogP contribution < -0.4 is 0 Å². The zero-order valence-electron chi connectivity index (χ0n) is 24.4. The smallest absolute Gasteiger partial charge is 0.115 e. The van der Waals surface area contributed by atoms with Gasteiger partial charge in [0.25, 0.3) is 0 Å². The van der Waals surface area contributed by atoms with Crippen molar-refractivity contribution in [3.63, 3.8) is 0 Å². The van der Waals surface area contributed by atoms with Gasteiger partial charge >= 0.3 is 0 Å². The first-order valence-corrected chi connectivity index (χ1v) is 8.35. The molecule has 2 atom stereocenters. The summed E-state index contributed by atoms with van der Waals surface area (Å²) >= 11 is 6.03. The number of hydrogen-bond donors (Lipinski definition) is 0. The Kier molecular flexibility index (Phi) is 2.86. The van der Waals surface area contributed by atoms with Gasteiger partial charge in [-0.2, -0.15) is 0 Å². The molecule has 0 spiro atoms. The Bertz CT molecular complexity index is 1080. The third kappa shape index (κ3) is 3.92. The van der Waals surface area contributed by atoms with E-state index < -0.39 is 43.3 Å². The first-order valence-electron chi connectivity index (χ1n) is 13.0. The highest BCUT2D eigenvalue weighted by atomic mass is 35.5. The van der Waals surface area contributed by atoms with Gasteiger partial charge in [-0.3, -0.25) is 0 Å². The average molecular weight is 368 g/mol. The van der Waals surface area contributed by atoms with Gasteiger partial charge in [0.1, 0.15) is 5.60 Å². The molecule has 0 N–H and O–H groups in total. The van der Waals surface area contributed by atoms with Gasteiger partial charge in [-0.15, -0.1) is 0 Å². The van der Waals surface area contributed by atoms with Crippen LogP contribution in [-0.4, -0.2) is 30.5 Å². The summed E-state index contributed by atoms with van der Waals surface area (Å²) in [7, 11) is 1.05. The Morgan fingerprint density at radius 3 is 2.44 bits per heavy atom. The van der Waals surface area contributed by atoms with Crippen LogP contribution in [0, 0.1) is 0 Å². The molecule has 1 aliphatic rings. The fourth-order valence-electron chi connectivity index (χ4n) is 2.58. The SMILES string of the molecule is [2H]C([2H])(O[C@](C)(c1ccccc1)c1ccc(Cl)cc1)C([2H])([2H])[C@@]1(C)N(C)C([2H])([2H])C([2H])([2H])C1([2H])[2H]. The van der Waals surface area contributed by atoms with Crippen molar-refractivity contribution in [2.45, 2.75) is 44.1 Å². The zero-order valence-corrected chi connectivity index (χ0v) is 15.2. The molecule has 0 radical (unpaired) electrons. The van der Waals surface area contributed by atoms with E-state index in [0.29, 0.717) is 21.0 Å². The monoisotopic (exact) mass is 367 g/mol. The molecule has 3 heteroatoms. The highest BCUT2D eigenvalue weighted by molar-refractivity contribution is 6.30. The summed E-state index contributed by atoms with van der Waals surface area (Å²) in [5, 5.41) is 0.431. The molecule has 0 bridgehead atoms. The van der Waals surface area contributed by atoms with E-state index in [0.717, 1.165) is 14.0 Å². The van der Waals surface area contributed by atoms with Crippen LogP contribution in [0.25, 0.3) is 0 Å². The zero-order chi connectivity index (χ0) is 26.9. The molecule has 2 nitrogen and oxygen atoms in total. The third-order valence-corrected chi connectivity index (χ3v) is 4.72. The summed E-state index contributed by atoms with van der Waals surface area (Å²) in [5.41, 5.74) is -3.25. The molecule has 1 saturated heterocycles. The normalized spacial score (nSPS) is 36.6. The maximum atomic E-state index is 8.83. The van der Waals surface area contributed by atoms with E-state index in [1.54, 1.807) is 61.5 Å². The van der Waals surface area contributed by atoms with Crippen LogP contribution in [0.4, 0.5) is 0 Å². The van der Waals surface area contributed by atoms with Crippen molar-refractivity contribution >= 4 is 11.6 Å². The van der Waals surface area contributed by atoms with Crippen molar-refractivity contribution in [1.29, 1.82) is 0 Å². The minimum atomic E-state index is -3.25. The molecular weight excluding hydrogens is 330 g/mol. The summed E-state index contributed by atoms with van der Waals surface area (Å²) < 4.78 is 90.8. The highest BCUT2D eigenvalue weighted by Gasteiger charge is 2.35. The molecule has 1 aliphatic heterocycles. The topological polar surface area (TPSA) is 12.5 Å². The lowest BCUT2D eigenvalue weighted by Crippen LogP contribution is -2.40. The van der Waals surface area contributed by atoms with Crippen molar-refractivity contribution in [2.75, 3.05) is 20.1 Å². The van der Waals surface area contributed by atoms with E-state index in [2.05, 4.69) is 0 Å². The van der Waals surface area contributed by atoms with E-state index in [1.807, 2.05) is 0 Å². The standard InChI is InChI=1S/C22H28ClNO/c1-21(14-7-16-24(21)3)15-17-25-22(2,18-8-5-4-6-9-18)19-10-12-20(23)13-11-19/h4-6,8-13H,7,14-17H2,1-3H3/t21-,22+/m0/s1/i7D2,14D2,15D2,16D2,17D2. The molecule has 0 saturated carbocycles. The largest absolute Gasteiger partial charge is 0.366 e.